The lowest BCUT2D eigenvalue weighted by molar-refractivity contribution is -0.120. The first-order chi connectivity index (χ1) is 9.63. The van der Waals surface area contributed by atoms with Crippen LogP contribution in [0.1, 0.15) is 11.1 Å². The molecular formula is C15H12BrFN2O. The maximum atomic E-state index is 12.7. The van der Waals surface area contributed by atoms with Crippen LogP contribution in [-0.2, 0) is 11.2 Å². The van der Waals surface area contributed by atoms with Crippen molar-refractivity contribution in [1.29, 1.82) is 0 Å². The molecule has 0 spiro atoms. The number of nitrogens with zero attached hydrogens (tertiary/aromatic N) is 1. The highest BCUT2D eigenvalue weighted by atomic mass is 79.9. The van der Waals surface area contributed by atoms with Gasteiger partial charge in [-0.1, -0.05) is 40.2 Å². The summed E-state index contributed by atoms with van der Waals surface area (Å²) >= 11 is 3.34. The van der Waals surface area contributed by atoms with Crippen LogP contribution in [0.2, 0.25) is 0 Å². The van der Waals surface area contributed by atoms with Crippen LogP contribution in [0.5, 0.6) is 0 Å². The molecule has 2 aromatic rings. The number of carbonyl (C=O) groups excluding carboxylic acids is 1. The van der Waals surface area contributed by atoms with Crippen molar-refractivity contribution in [3.63, 3.8) is 0 Å². The third kappa shape index (κ3) is 4.59. The van der Waals surface area contributed by atoms with Crippen molar-refractivity contribution >= 4 is 28.1 Å². The van der Waals surface area contributed by atoms with Crippen molar-refractivity contribution in [2.75, 3.05) is 0 Å². The Hall–Kier alpha value is -2.01. The van der Waals surface area contributed by atoms with Gasteiger partial charge in [0.1, 0.15) is 5.82 Å². The molecule has 0 atom stereocenters. The van der Waals surface area contributed by atoms with Gasteiger partial charge in [0.2, 0.25) is 5.91 Å². The van der Waals surface area contributed by atoms with Crippen LogP contribution in [0.15, 0.2) is 58.1 Å². The summed E-state index contributed by atoms with van der Waals surface area (Å²) in [5.74, 6) is -0.563. The Labute approximate surface area is 124 Å². The average molecular weight is 335 g/mol. The Morgan fingerprint density at radius 3 is 2.45 bits per heavy atom. The molecule has 2 rings (SSSR count). The van der Waals surface area contributed by atoms with Crippen molar-refractivity contribution in [3.8, 4) is 0 Å². The first kappa shape index (κ1) is 14.4. The Morgan fingerprint density at radius 1 is 1.15 bits per heavy atom. The molecule has 1 amide bonds. The van der Waals surface area contributed by atoms with E-state index in [4.69, 9.17) is 0 Å². The standard InChI is InChI=1S/C15H12BrFN2O/c16-13-5-1-12(2-6-13)10-18-19-15(20)9-11-3-7-14(17)8-4-11/h1-8,10H,9H2,(H,19,20)/b18-10-. The molecule has 0 bridgehead atoms. The number of hydrogen-bond acceptors (Lipinski definition) is 2. The van der Waals surface area contributed by atoms with Gasteiger partial charge in [0.05, 0.1) is 12.6 Å². The molecule has 1 N–H and O–H groups in total. The second kappa shape index (κ2) is 6.96. The number of hydrogen-bond donors (Lipinski definition) is 1. The number of benzene rings is 2. The molecule has 0 saturated heterocycles. The van der Waals surface area contributed by atoms with E-state index in [-0.39, 0.29) is 18.1 Å². The summed E-state index contributed by atoms with van der Waals surface area (Å²) in [6.45, 7) is 0. The molecule has 0 aliphatic rings. The van der Waals surface area contributed by atoms with E-state index >= 15 is 0 Å². The van der Waals surface area contributed by atoms with Crippen LogP contribution < -0.4 is 5.43 Å². The minimum absolute atomic E-state index is 0.165. The highest BCUT2D eigenvalue weighted by Gasteiger charge is 2.01. The van der Waals surface area contributed by atoms with Crippen molar-refractivity contribution in [3.05, 3.63) is 69.9 Å². The Balaban J connectivity index is 1.85. The zero-order valence-electron chi connectivity index (χ0n) is 10.5. The number of rotatable bonds is 4. The van der Waals surface area contributed by atoms with E-state index in [2.05, 4.69) is 26.5 Å². The lowest BCUT2D eigenvalue weighted by Crippen LogP contribution is -2.19. The molecule has 3 nitrogen and oxygen atoms in total. The number of carbonyl (C=O) groups is 1. The second-order valence-corrected chi connectivity index (χ2v) is 5.06. The van der Waals surface area contributed by atoms with Crippen LogP contribution in [0.3, 0.4) is 0 Å². The molecule has 2 aromatic carbocycles. The topological polar surface area (TPSA) is 41.5 Å². The van der Waals surface area contributed by atoms with E-state index in [0.717, 1.165) is 15.6 Å². The summed E-state index contributed by atoms with van der Waals surface area (Å²) in [5.41, 5.74) is 4.06. The SMILES string of the molecule is O=C(Cc1ccc(F)cc1)N/N=C\c1ccc(Br)cc1. The van der Waals surface area contributed by atoms with Crippen LogP contribution >= 0.6 is 15.9 Å². The lowest BCUT2D eigenvalue weighted by Gasteiger charge is -2.00. The fourth-order valence-corrected chi connectivity index (χ4v) is 1.82. The lowest BCUT2D eigenvalue weighted by atomic mass is 10.1. The Morgan fingerprint density at radius 2 is 1.80 bits per heavy atom. The predicted octanol–water partition coefficient (Wildman–Crippen LogP) is 3.28. The van der Waals surface area contributed by atoms with Crippen molar-refractivity contribution < 1.29 is 9.18 Å². The summed E-state index contributed by atoms with van der Waals surface area (Å²) in [6, 6.07) is 13.3. The van der Waals surface area contributed by atoms with Crippen LogP contribution in [0, 0.1) is 5.82 Å². The summed E-state index contributed by atoms with van der Waals surface area (Å²) in [7, 11) is 0. The molecule has 5 heteroatoms. The first-order valence-corrected chi connectivity index (χ1v) is 6.75. The monoisotopic (exact) mass is 334 g/mol. The van der Waals surface area contributed by atoms with Gasteiger partial charge in [-0.25, -0.2) is 9.82 Å². The van der Waals surface area contributed by atoms with Gasteiger partial charge in [-0.2, -0.15) is 5.10 Å². The van der Waals surface area contributed by atoms with Crippen molar-refractivity contribution in [2.45, 2.75) is 6.42 Å². The largest absolute Gasteiger partial charge is 0.273 e. The number of nitrogens with one attached hydrogen (secondary N) is 1. The molecule has 0 radical (unpaired) electrons. The van der Waals surface area contributed by atoms with Crippen molar-refractivity contribution in [2.24, 2.45) is 5.10 Å². The van der Waals surface area contributed by atoms with E-state index in [1.807, 2.05) is 24.3 Å². The maximum absolute atomic E-state index is 12.7. The summed E-state index contributed by atoms with van der Waals surface area (Å²) in [5, 5.41) is 3.87. The molecule has 0 aliphatic heterocycles. The third-order valence-corrected chi connectivity index (χ3v) is 3.08. The minimum atomic E-state index is -0.317. The Kier molecular flexibility index (Phi) is 5.01. The van der Waals surface area contributed by atoms with Crippen LogP contribution in [0.25, 0.3) is 0 Å². The van der Waals surface area contributed by atoms with E-state index in [1.165, 1.54) is 12.1 Å². The fraction of sp³-hybridized carbons (Fsp3) is 0.0667. The van der Waals surface area contributed by atoms with E-state index in [1.54, 1.807) is 18.3 Å². The molecule has 0 heterocycles. The summed E-state index contributed by atoms with van der Waals surface area (Å²) < 4.78 is 13.7. The number of hydrazone groups is 1. The fourth-order valence-electron chi connectivity index (χ4n) is 1.55. The van der Waals surface area contributed by atoms with Gasteiger partial charge in [0, 0.05) is 4.47 Å². The molecule has 102 valence electrons. The highest BCUT2D eigenvalue weighted by Crippen LogP contribution is 2.09. The zero-order valence-corrected chi connectivity index (χ0v) is 12.1. The molecule has 20 heavy (non-hydrogen) atoms. The van der Waals surface area contributed by atoms with E-state index in [0.29, 0.717) is 0 Å². The smallest absolute Gasteiger partial charge is 0.244 e. The predicted molar refractivity (Wildman–Crippen MR) is 80.0 cm³/mol. The zero-order chi connectivity index (χ0) is 14.4. The molecule has 0 saturated carbocycles. The van der Waals surface area contributed by atoms with Gasteiger partial charge >= 0.3 is 0 Å². The van der Waals surface area contributed by atoms with Crippen LogP contribution in [0.4, 0.5) is 4.39 Å². The summed E-state index contributed by atoms with van der Waals surface area (Å²) in [6.07, 6.45) is 1.73. The highest BCUT2D eigenvalue weighted by molar-refractivity contribution is 9.10. The average Bonchev–Trinajstić information content (AvgIpc) is 2.44. The molecule has 0 aromatic heterocycles. The number of halogens is 2. The second-order valence-electron chi connectivity index (χ2n) is 4.15. The quantitative estimate of drug-likeness (QED) is 0.676. The van der Waals surface area contributed by atoms with Gasteiger partial charge in [-0.15, -0.1) is 0 Å². The van der Waals surface area contributed by atoms with Gasteiger partial charge in [0.25, 0.3) is 0 Å². The van der Waals surface area contributed by atoms with Gasteiger partial charge in [0.15, 0.2) is 0 Å². The van der Waals surface area contributed by atoms with Gasteiger partial charge < -0.3 is 0 Å². The van der Waals surface area contributed by atoms with E-state index < -0.39 is 0 Å². The maximum Gasteiger partial charge on any atom is 0.244 e. The third-order valence-electron chi connectivity index (χ3n) is 2.55. The molecule has 0 unspecified atom stereocenters. The first-order valence-electron chi connectivity index (χ1n) is 5.95. The minimum Gasteiger partial charge on any atom is -0.273 e. The normalized spacial score (nSPS) is 10.7. The van der Waals surface area contributed by atoms with Gasteiger partial charge in [-0.05, 0) is 35.4 Å². The molecule has 0 aliphatic carbocycles. The van der Waals surface area contributed by atoms with Gasteiger partial charge in [-0.3, -0.25) is 4.79 Å². The Bertz CT molecular complexity index is 609. The number of amides is 1. The molecule has 0 fully saturated rings. The van der Waals surface area contributed by atoms with E-state index in [9.17, 15) is 9.18 Å². The van der Waals surface area contributed by atoms with Crippen molar-refractivity contribution in [1.82, 2.24) is 5.43 Å². The summed E-state index contributed by atoms with van der Waals surface area (Å²) in [4.78, 5) is 11.6. The molecular weight excluding hydrogens is 323 g/mol. The van der Waals surface area contributed by atoms with Crippen LogP contribution in [-0.4, -0.2) is 12.1 Å².